The van der Waals surface area contributed by atoms with Crippen molar-refractivity contribution in [3.05, 3.63) is 56.6 Å². The Morgan fingerprint density at radius 1 is 1.35 bits per heavy atom. The second-order valence-electron chi connectivity index (χ2n) is 4.30. The number of hydrogen-bond donors (Lipinski definition) is 1. The standard InChI is InChI=1S/C13H14FN3O3/c1-16-7-9(15)12(18)17(13(16)19)6-8-4-3-5-10(20-2)11(8)14/h3-5,7H,6,15H2,1-2H3. The molecule has 0 aliphatic carbocycles. The lowest BCUT2D eigenvalue weighted by Crippen LogP contribution is -2.40. The summed E-state index contributed by atoms with van der Waals surface area (Å²) < 4.78 is 21.0. The number of nitrogens with two attached hydrogens (primary N) is 1. The fourth-order valence-corrected chi connectivity index (χ4v) is 1.90. The number of halogens is 1. The van der Waals surface area contributed by atoms with Crippen LogP contribution in [0, 0.1) is 5.82 Å². The SMILES string of the molecule is COc1cccc(Cn2c(=O)c(N)cn(C)c2=O)c1F. The van der Waals surface area contributed by atoms with Crippen molar-refractivity contribution < 1.29 is 9.13 Å². The van der Waals surface area contributed by atoms with E-state index in [0.29, 0.717) is 0 Å². The molecule has 0 amide bonds. The fraction of sp³-hybridized carbons (Fsp3) is 0.231. The van der Waals surface area contributed by atoms with Gasteiger partial charge in [0.15, 0.2) is 11.6 Å². The molecule has 106 valence electrons. The first-order chi connectivity index (χ1) is 9.45. The summed E-state index contributed by atoms with van der Waals surface area (Å²) in [6.45, 7) is -0.209. The van der Waals surface area contributed by atoms with Crippen molar-refractivity contribution in [3.8, 4) is 5.75 Å². The van der Waals surface area contributed by atoms with Crippen molar-refractivity contribution in [2.75, 3.05) is 12.8 Å². The zero-order valence-electron chi connectivity index (χ0n) is 11.1. The maximum Gasteiger partial charge on any atom is 0.331 e. The van der Waals surface area contributed by atoms with Crippen LogP contribution in [-0.4, -0.2) is 16.2 Å². The molecular weight excluding hydrogens is 265 g/mol. The normalized spacial score (nSPS) is 10.6. The van der Waals surface area contributed by atoms with E-state index in [9.17, 15) is 14.0 Å². The highest BCUT2D eigenvalue weighted by molar-refractivity contribution is 5.33. The van der Waals surface area contributed by atoms with Gasteiger partial charge in [-0.2, -0.15) is 0 Å². The number of ether oxygens (including phenoxy) is 1. The first-order valence-corrected chi connectivity index (χ1v) is 5.83. The predicted molar refractivity (Wildman–Crippen MR) is 72.4 cm³/mol. The number of benzene rings is 1. The third kappa shape index (κ3) is 2.29. The van der Waals surface area contributed by atoms with Gasteiger partial charge in [0.05, 0.1) is 13.7 Å². The number of rotatable bonds is 3. The van der Waals surface area contributed by atoms with Gasteiger partial charge in [0, 0.05) is 18.8 Å². The van der Waals surface area contributed by atoms with Crippen LogP contribution in [0.1, 0.15) is 5.56 Å². The quantitative estimate of drug-likeness (QED) is 0.878. The Morgan fingerprint density at radius 2 is 2.05 bits per heavy atom. The smallest absolute Gasteiger partial charge is 0.331 e. The summed E-state index contributed by atoms with van der Waals surface area (Å²) in [4.78, 5) is 23.8. The molecule has 2 N–H and O–H groups in total. The van der Waals surface area contributed by atoms with E-state index in [1.807, 2.05) is 0 Å². The highest BCUT2D eigenvalue weighted by atomic mass is 19.1. The fourth-order valence-electron chi connectivity index (χ4n) is 1.90. The maximum atomic E-state index is 14.0. The van der Waals surface area contributed by atoms with E-state index < -0.39 is 17.1 Å². The van der Waals surface area contributed by atoms with Gasteiger partial charge < -0.3 is 15.0 Å². The number of nitrogen functional groups attached to an aromatic ring is 1. The van der Waals surface area contributed by atoms with Crippen LogP contribution >= 0.6 is 0 Å². The first-order valence-electron chi connectivity index (χ1n) is 5.83. The van der Waals surface area contributed by atoms with E-state index in [4.69, 9.17) is 10.5 Å². The molecule has 0 saturated carbocycles. The Morgan fingerprint density at radius 3 is 2.70 bits per heavy atom. The molecule has 6 nitrogen and oxygen atoms in total. The highest BCUT2D eigenvalue weighted by Gasteiger charge is 2.13. The molecule has 0 radical (unpaired) electrons. The lowest BCUT2D eigenvalue weighted by atomic mass is 10.2. The Kier molecular flexibility index (Phi) is 3.60. The topological polar surface area (TPSA) is 79.2 Å². The van der Waals surface area contributed by atoms with Gasteiger partial charge in [-0.3, -0.25) is 9.36 Å². The molecule has 0 aliphatic rings. The van der Waals surface area contributed by atoms with Crippen LogP contribution in [0.3, 0.4) is 0 Å². The summed E-state index contributed by atoms with van der Waals surface area (Å²) in [5.74, 6) is -0.553. The van der Waals surface area contributed by atoms with Crippen LogP contribution in [0.4, 0.5) is 10.1 Å². The van der Waals surface area contributed by atoms with Crippen LogP contribution in [-0.2, 0) is 13.6 Å². The van der Waals surface area contributed by atoms with Crippen LogP contribution in [0.5, 0.6) is 5.75 Å². The monoisotopic (exact) mass is 279 g/mol. The number of hydrogen-bond acceptors (Lipinski definition) is 4. The molecule has 0 fully saturated rings. The van der Waals surface area contributed by atoms with E-state index in [2.05, 4.69) is 0 Å². The van der Waals surface area contributed by atoms with Gasteiger partial charge in [0.2, 0.25) is 0 Å². The van der Waals surface area contributed by atoms with Crippen LogP contribution < -0.4 is 21.7 Å². The Bertz CT molecular complexity index is 730. The molecule has 0 spiro atoms. The predicted octanol–water partition coefficient (Wildman–Crippen LogP) is 0.325. The summed E-state index contributed by atoms with van der Waals surface area (Å²) in [7, 11) is 2.81. The van der Waals surface area contributed by atoms with E-state index >= 15 is 0 Å². The molecule has 20 heavy (non-hydrogen) atoms. The van der Waals surface area contributed by atoms with Crippen molar-refractivity contribution in [1.29, 1.82) is 0 Å². The van der Waals surface area contributed by atoms with E-state index in [0.717, 1.165) is 4.57 Å². The number of aryl methyl sites for hydroxylation is 1. The molecule has 1 heterocycles. The largest absolute Gasteiger partial charge is 0.494 e. The van der Waals surface area contributed by atoms with Gasteiger partial charge in [0.1, 0.15) is 5.69 Å². The number of methoxy groups -OCH3 is 1. The minimum atomic E-state index is -0.643. The van der Waals surface area contributed by atoms with Gasteiger partial charge in [0.25, 0.3) is 5.56 Å². The summed E-state index contributed by atoms with van der Waals surface area (Å²) in [5, 5.41) is 0. The minimum Gasteiger partial charge on any atom is -0.494 e. The average Bonchev–Trinajstić information content (AvgIpc) is 2.43. The molecule has 1 aromatic carbocycles. The molecule has 0 saturated heterocycles. The molecular formula is C13H14FN3O3. The zero-order valence-corrected chi connectivity index (χ0v) is 11.1. The van der Waals surface area contributed by atoms with Crippen LogP contribution in [0.25, 0.3) is 0 Å². The number of aromatic nitrogens is 2. The molecule has 0 unspecified atom stereocenters. The zero-order chi connectivity index (χ0) is 14.9. The van der Waals surface area contributed by atoms with Crippen molar-refractivity contribution >= 4 is 5.69 Å². The van der Waals surface area contributed by atoms with E-state index in [1.54, 1.807) is 6.07 Å². The van der Waals surface area contributed by atoms with Gasteiger partial charge in [-0.1, -0.05) is 12.1 Å². The van der Waals surface area contributed by atoms with Gasteiger partial charge >= 0.3 is 5.69 Å². The van der Waals surface area contributed by atoms with Crippen molar-refractivity contribution in [2.24, 2.45) is 7.05 Å². The third-order valence-electron chi connectivity index (χ3n) is 2.95. The lowest BCUT2D eigenvalue weighted by Gasteiger charge is -2.10. The Balaban J connectivity index is 2.57. The molecule has 1 aromatic heterocycles. The second kappa shape index (κ2) is 5.20. The highest BCUT2D eigenvalue weighted by Crippen LogP contribution is 2.20. The van der Waals surface area contributed by atoms with E-state index in [-0.39, 0.29) is 23.5 Å². The van der Waals surface area contributed by atoms with Crippen LogP contribution in [0.2, 0.25) is 0 Å². The van der Waals surface area contributed by atoms with Crippen LogP contribution in [0.15, 0.2) is 34.0 Å². The summed E-state index contributed by atoms with van der Waals surface area (Å²) in [6, 6.07) is 4.52. The molecule has 0 atom stereocenters. The Hall–Kier alpha value is -2.57. The summed E-state index contributed by atoms with van der Waals surface area (Å²) in [5.41, 5.74) is 4.42. The van der Waals surface area contributed by atoms with Crippen molar-refractivity contribution in [2.45, 2.75) is 6.54 Å². The van der Waals surface area contributed by atoms with E-state index in [1.165, 1.54) is 37.1 Å². The molecule has 2 rings (SSSR count). The number of anilines is 1. The van der Waals surface area contributed by atoms with Crippen molar-refractivity contribution in [3.63, 3.8) is 0 Å². The Labute approximate surface area is 113 Å². The second-order valence-corrected chi connectivity index (χ2v) is 4.30. The first kappa shape index (κ1) is 13.9. The number of nitrogens with zero attached hydrogens (tertiary/aromatic N) is 2. The van der Waals surface area contributed by atoms with Gasteiger partial charge in [-0.25, -0.2) is 9.18 Å². The summed E-state index contributed by atoms with van der Waals surface area (Å²) in [6.07, 6.45) is 1.24. The average molecular weight is 279 g/mol. The molecule has 0 bridgehead atoms. The molecule has 0 aliphatic heterocycles. The summed E-state index contributed by atoms with van der Waals surface area (Å²) >= 11 is 0. The van der Waals surface area contributed by atoms with Gasteiger partial charge in [-0.15, -0.1) is 0 Å². The third-order valence-corrected chi connectivity index (χ3v) is 2.95. The molecule has 2 aromatic rings. The van der Waals surface area contributed by atoms with Crippen molar-refractivity contribution in [1.82, 2.24) is 9.13 Å². The minimum absolute atomic E-state index is 0.0521. The van der Waals surface area contributed by atoms with Gasteiger partial charge in [-0.05, 0) is 6.07 Å². The maximum absolute atomic E-state index is 14.0. The lowest BCUT2D eigenvalue weighted by molar-refractivity contribution is 0.383. The molecule has 7 heteroatoms.